The van der Waals surface area contributed by atoms with Crippen molar-refractivity contribution in [1.29, 1.82) is 0 Å². The monoisotopic (exact) mass is 580 g/mol. The number of aliphatic hydroxyl groups excluding tert-OH is 1. The lowest BCUT2D eigenvalue weighted by atomic mass is 9.78. The largest absolute Gasteiger partial charge is 0.484 e. The first-order chi connectivity index (χ1) is 19.9. The summed E-state index contributed by atoms with van der Waals surface area (Å²) < 4.78 is 37.5. The number of rotatable bonds is 11. The number of aliphatic hydroxyl groups is 1. The molecule has 1 aliphatic rings. The predicted molar refractivity (Wildman–Crippen MR) is 152 cm³/mol. The van der Waals surface area contributed by atoms with Crippen LogP contribution in [0.4, 0.5) is 14.5 Å². The van der Waals surface area contributed by atoms with Crippen LogP contribution in [0.15, 0.2) is 72.8 Å². The number of nitrogens with one attached hydrogen (secondary N) is 1. The van der Waals surface area contributed by atoms with Crippen molar-refractivity contribution in [3.05, 3.63) is 95.6 Å². The number of esters is 1. The highest BCUT2D eigenvalue weighted by Gasteiger charge is 2.48. The van der Waals surface area contributed by atoms with Crippen LogP contribution in [-0.2, 0) is 19.1 Å². The lowest BCUT2D eigenvalue weighted by molar-refractivity contribution is -0.154. The van der Waals surface area contributed by atoms with Crippen LogP contribution >= 0.6 is 0 Å². The van der Waals surface area contributed by atoms with Crippen molar-refractivity contribution >= 4 is 23.5 Å². The minimum absolute atomic E-state index is 0.153. The van der Waals surface area contributed by atoms with E-state index in [-0.39, 0.29) is 31.5 Å². The predicted octanol–water partition coefficient (Wildman–Crippen LogP) is 5.02. The van der Waals surface area contributed by atoms with Gasteiger partial charge in [0.1, 0.15) is 29.5 Å². The van der Waals surface area contributed by atoms with Gasteiger partial charge in [-0.1, -0.05) is 24.3 Å². The molecular weight excluding hydrogens is 546 g/mol. The van der Waals surface area contributed by atoms with E-state index < -0.39 is 41.1 Å². The van der Waals surface area contributed by atoms with Gasteiger partial charge < -0.3 is 24.8 Å². The van der Waals surface area contributed by atoms with Crippen molar-refractivity contribution in [1.82, 2.24) is 5.32 Å². The number of hydrogen-bond donors (Lipinski definition) is 2. The minimum Gasteiger partial charge on any atom is -0.484 e. The van der Waals surface area contributed by atoms with E-state index in [4.69, 9.17) is 9.47 Å². The van der Waals surface area contributed by atoms with Crippen molar-refractivity contribution in [2.45, 2.75) is 51.4 Å². The van der Waals surface area contributed by atoms with Crippen molar-refractivity contribution in [2.75, 3.05) is 18.1 Å². The summed E-state index contributed by atoms with van der Waals surface area (Å²) in [6, 6.07) is 17.8. The molecule has 222 valence electrons. The summed E-state index contributed by atoms with van der Waals surface area (Å²) in [4.78, 5) is 38.7. The third-order valence-corrected chi connectivity index (χ3v) is 6.77. The standard InChI is InChI=1S/C32H34F2N2O6/c1-32(2,3)42-29(39)18-35-28(38)19-41-25-14-6-21(7-15-25)30-26(16-17-27(37)20-4-8-22(33)9-5-20)31(40)36(30)24-12-10-23(34)11-13-24/h4-15,26-27,30,37H,16-19H2,1-3H3,(H,35,38). The second-order valence-electron chi connectivity index (χ2n) is 11.1. The first-order valence-corrected chi connectivity index (χ1v) is 13.6. The zero-order chi connectivity index (χ0) is 30.4. The number of hydrogen-bond acceptors (Lipinski definition) is 6. The second kappa shape index (κ2) is 13.1. The molecule has 1 aliphatic heterocycles. The summed E-state index contributed by atoms with van der Waals surface area (Å²) in [5.41, 5.74) is 1.25. The number of benzene rings is 3. The van der Waals surface area contributed by atoms with Crippen LogP contribution in [0.3, 0.4) is 0 Å². The summed E-state index contributed by atoms with van der Waals surface area (Å²) >= 11 is 0. The van der Waals surface area contributed by atoms with Gasteiger partial charge in [0.15, 0.2) is 6.61 Å². The lowest BCUT2D eigenvalue weighted by Crippen LogP contribution is -2.55. The summed E-state index contributed by atoms with van der Waals surface area (Å²) in [7, 11) is 0. The SMILES string of the molecule is CC(C)(C)OC(=O)CNC(=O)COc1ccc(C2C(CCC(O)c3ccc(F)cc3)C(=O)N2c2ccc(F)cc2)cc1. The highest BCUT2D eigenvalue weighted by atomic mass is 19.1. The number of halogens is 2. The number of ether oxygens (including phenoxy) is 2. The van der Waals surface area contributed by atoms with E-state index >= 15 is 0 Å². The lowest BCUT2D eigenvalue weighted by Gasteiger charge is -2.48. The van der Waals surface area contributed by atoms with Crippen LogP contribution in [0.1, 0.15) is 56.9 Å². The van der Waals surface area contributed by atoms with Gasteiger partial charge in [0.25, 0.3) is 5.91 Å². The molecule has 42 heavy (non-hydrogen) atoms. The Labute approximate surface area is 243 Å². The molecule has 0 saturated carbocycles. The first-order valence-electron chi connectivity index (χ1n) is 13.6. The molecule has 3 unspecified atom stereocenters. The quantitative estimate of drug-likeness (QED) is 0.244. The molecule has 3 atom stereocenters. The Hall–Kier alpha value is -4.31. The summed E-state index contributed by atoms with van der Waals surface area (Å²) in [5.74, 6) is -2.05. The number of carbonyl (C=O) groups excluding carboxylic acids is 3. The van der Waals surface area contributed by atoms with E-state index in [0.717, 1.165) is 5.56 Å². The molecule has 2 amide bonds. The zero-order valence-corrected chi connectivity index (χ0v) is 23.7. The molecule has 0 aliphatic carbocycles. The minimum atomic E-state index is -0.865. The van der Waals surface area contributed by atoms with Crippen LogP contribution in [-0.4, -0.2) is 41.6 Å². The zero-order valence-electron chi connectivity index (χ0n) is 23.7. The van der Waals surface area contributed by atoms with Gasteiger partial charge >= 0.3 is 5.97 Å². The molecule has 3 aromatic carbocycles. The van der Waals surface area contributed by atoms with Crippen LogP contribution < -0.4 is 15.0 Å². The topological polar surface area (TPSA) is 105 Å². The molecule has 2 N–H and O–H groups in total. The van der Waals surface area contributed by atoms with Crippen LogP contribution in [0, 0.1) is 17.6 Å². The van der Waals surface area contributed by atoms with Crippen molar-refractivity contribution in [3.63, 3.8) is 0 Å². The summed E-state index contributed by atoms with van der Waals surface area (Å²) in [5, 5.41) is 13.1. The van der Waals surface area contributed by atoms with E-state index in [9.17, 15) is 28.3 Å². The number of β-lactam (4-membered cyclic amide) rings is 1. The third kappa shape index (κ3) is 7.91. The molecule has 0 aromatic heterocycles. The fourth-order valence-electron chi connectivity index (χ4n) is 4.80. The van der Waals surface area contributed by atoms with Gasteiger partial charge in [-0.3, -0.25) is 14.4 Å². The van der Waals surface area contributed by atoms with Gasteiger partial charge in [-0.25, -0.2) is 8.78 Å². The molecule has 0 bridgehead atoms. The highest BCUT2D eigenvalue weighted by molar-refractivity contribution is 6.03. The van der Waals surface area contributed by atoms with Crippen LogP contribution in [0.5, 0.6) is 5.75 Å². The van der Waals surface area contributed by atoms with E-state index in [1.807, 2.05) is 0 Å². The smallest absolute Gasteiger partial charge is 0.325 e. The molecule has 0 radical (unpaired) electrons. The van der Waals surface area contributed by atoms with Gasteiger partial charge in [0.05, 0.1) is 18.1 Å². The first kappa shape index (κ1) is 30.6. The van der Waals surface area contributed by atoms with Crippen molar-refractivity contribution < 1.29 is 37.7 Å². The molecule has 8 nitrogen and oxygen atoms in total. The Kier molecular flexibility index (Phi) is 9.57. The maximum absolute atomic E-state index is 13.6. The van der Waals surface area contributed by atoms with Gasteiger partial charge in [-0.05, 0) is 93.3 Å². The fourth-order valence-corrected chi connectivity index (χ4v) is 4.80. The number of anilines is 1. The number of carbonyl (C=O) groups is 3. The van der Waals surface area contributed by atoms with Crippen LogP contribution in [0.2, 0.25) is 0 Å². The molecule has 1 heterocycles. The molecule has 0 spiro atoms. The van der Waals surface area contributed by atoms with Gasteiger partial charge in [-0.2, -0.15) is 0 Å². The Bertz CT molecular complexity index is 1390. The summed E-state index contributed by atoms with van der Waals surface area (Å²) in [6.07, 6.45) is -0.207. The van der Waals surface area contributed by atoms with Crippen LogP contribution in [0.25, 0.3) is 0 Å². The van der Waals surface area contributed by atoms with Crippen molar-refractivity contribution in [2.24, 2.45) is 5.92 Å². The van der Waals surface area contributed by atoms with Crippen molar-refractivity contribution in [3.8, 4) is 5.75 Å². The Balaban J connectivity index is 1.40. The van der Waals surface area contributed by atoms with E-state index in [2.05, 4.69) is 5.32 Å². The average molecular weight is 581 g/mol. The molecule has 1 saturated heterocycles. The summed E-state index contributed by atoms with van der Waals surface area (Å²) in [6.45, 7) is 4.62. The normalized spacial score (nSPS) is 17.3. The second-order valence-corrected chi connectivity index (χ2v) is 11.1. The van der Waals surface area contributed by atoms with E-state index in [1.165, 1.54) is 48.5 Å². The number of amides is 2. The molecule has 10 heteroatoms. The van der Waals surface area contributed by atoms with Gasteiger partial charge in [0, 0.05) is 5.69 Å². The molecular formula is C32H34F2N2O6. The van der Waals surface area contributed by atoms with E-state index in [0.29, 0.717) is 23.4 Å². The maximum Gasteiger partial charge on any atom is 0.325 e. The highest BCUT2D eigenvalue weighted by Crippen LogP contribution is 2.46. The fraction of sp³-hybridized carbons (Fsp3) is 0.344. The third-order valence-electron chi connectivity index (χ3n) is 6.77. The van der Waals surface area contributed by atoms with E-state index in [1.54, 1.807) is 49.9 Å². The molecule has 4 rings (SSSR count). The Morgan fingerprint density at radius 1 is 0.952 bits per heavy atom. The van der Waals surface area contributed by atoms with Gasteiger partial charge in [0.2, 0.25) is 5.91 Å². The molecule has 3 aromatic rings. The molecule has 1 fully saturated rings. The Morgan fingerprint density at radius 2 is 1.55 bits per heavy atom. The maximum atomic E-state index is 13.6. The van der Waals surface area contributed by atoms with Gasteiger partial charge in [-0.15, -0.1) is 0 Å². The number of nitrogens with zero attached hydrogens (tertiary/aromatic N) is 1. The average Bonchev–Trinajstić information content (AvgIpc) is 2.94. The Morgan fingerprint density at radius 3 is 2.14 bits per heavy atom.